The Morgan fingerprint density at radius 2 is 1.90 bits per heavy atom. The molecule has 0 aliphatic carbocycles. The quantitative estimate of drug-likeness (QED) is 0.812. The number of rotatable bonds is 5. The van der Waals surface area contributed by atoms with Crippen molar-refractivity contribution in [3.8, 4) is 0 Å². The average Bonchev–Trinajstić information content (AvgIpc) is 2.44. The molecule has 1 N–H and O–H groups in total. The standard InChI is InChI=1S/C15H22Br2N2O/c1-15(2,19-5-7-20-8-6-19)11-18-10-12-3-4-13(16)14(17)9-12/h3-4,9,18H,5-8,10-11H2,1-2H3. The van der Waals surface area contributed by atoms with E-state index in [0.717, 1.165) is 48.3 Å². The van der Waals surface area contributed by atoms with E-state index in [1.54, 1.807) is 0 Å². The molecule has 1 aromatic carbocycles. The van der Waals surface area contributed by atoms with Gasteiger partial charge in [0.1, 0.15) is 0 Å². The molecule has 0 radical (unpaired) electrons. The Balaban J connectivity index is 1.83. The summed E-state index contributed by atoms with van der Waals surface area (Å²) in [4.78, 5) is 2.50. The van der Waals surface area contributed by atoms with Crippen LogP contribution in [0.1, 0.15) is 19.4 Å². The molecule has 1 fully saturated rings. The molecular formula is C15H22Br2N2O. The van der Waals surface area contributed by atoms with Gasteiger partial charge in [0.25, 0.3) is 0 Å². The lowest BCUT2D eigenvalue weighted by molar-refractivity contribution is -0.00966. The first-order chi connectivity index (χ1) is 9.49. The third-order valence-corrected chi connectivity index (χ3v) is 5.62. The van der Waals surface area contributed by atoms with E-state index in [1.165, 1.54) is 5.56 Å². The molecule has 0 bridgehead atoms. The molecule has 0 spiro atoms. The number of morpholine rings is 1. The monoisotopic (exact) mass is 404 g/mol. The van der Waals surface area contributed by atoms with Crippen LogP contribution in [-0.2, 0) is 11.3 Å². The van der Waals surface area contributed by atoms with Crippen LogP contribution in [0.4, 0.5) is 0 Å². The Morgan fingerprint density at radius 1 is 1.20 bits per heavy atom. The third-order valence-electron chi connectivity index (χ3n) is 3.74. The van der Waals surface area contributed by atoms with E-state index >= 15 is 0 Å². The van der Waals surface area contributed by atoms with Crippen LogP contribution in [-0.4, -0.2) is 43.3 Å². The van der Waals surface area contributed by atoms with E-state index in [2.05, 4.69) is 74.1 Å². The molecule has 5 heteroatoms. The number of hydrogen-bond donors (Lipinski definition) is 1. The van der Waals surface area contributed by atoms with E-state index in [-0.39, 0.29) is 5.54 Å². The normalized spacial score (nSPS) is 17.4. The van der Waals surface area contributed by atoms with E-state index in [0.29, 0.717) is 0 Å². The molecule has 1 heterocycles. The average molecular weight is 406 g/mol. The summed E-state index contributed by atoms with van der Waals surface area (Å²) >= 11 is 7.04. The topological polar surface area (TPSA) is 24.5 Å². The van der Waals surface area contributed by atoms with Crippen molar-refractivity contribution in [3.05, 3.63) is 32.7 Å². The molecule has 0 aromatic heterocycles. The zero-order chi connectivity index (χ0) is 14.6. The fraction of sp³-hybridized carbons (Fsp3) is 0.600. The molecule has 112 valence electrons. The minimum absolute atomic E-state index is 0.163. The number of nitrogens with one attached hydrogen (secondary N) is 1. The number of benzene rings is 1. The predicted octanol–water partition coefficient (Wildman–Crippen LogP) is 3.41. The predicted molar refractivity (Wildman–Crippen MR) is 90.0 cm³/mol. The van der Waals surface area contributed by atoms with Gasteiger partial charge in [-0.15, -0.1) is 0 Å². The van der Waals surface area contributed by atoms with Gasteiger partial charge in [-0.1, -0.05) is 6.07 Å². The lowest BCUT2D eigenvalue weighted by Crippen LogP contribution is -2.54. The summed E-state index contributed by atoms with van der Waals surface area (Å²) < 4.78 is 7.61. The van der Waals surface area contributed by atoms with Gasteiger partial charge in [0.05, 0.1) is 13.2 Å². The highest BCUT2D eigenvalue weighted by Gasteiger charge is 2.27. The molecule has 20 heavy (non-hydrogen) atoms. The van der Waals surface area contributed by atoms with Crippen molar-refractivity contribution >= 4 is 31.9 Å². The van der Waals surface area contributed by atoms with E-state index in [1.807, 2.05) is 0 Å². The van der Waals surface area contributed by atoms with Gasteiger partial charge in [0.2, 0.25) is 0 Å². The van der Waals surface area contributed by atoms with Gasteiger partial charge in [-0.05, 0) is 63.4 Å². The number of nitrogens with zero attached hydrogens (tertiary/aromatic N) is 1. The minimum atomic E-state index is 0.163. The molecule has 0 saturated carbocycles. The van der Waals surface area contributed by atoms with Gasteiger partial charge in [-0.2, -0.15) is 0 Å². The number of ether oxygens (including phenoxy) is 1. The Bertz CT molecular complexity index is 445. The fourth-order valence-corrected chi connectivity index (χ4v) is 3.12. The lowest BCUT2D eigenvalue weighted by atomic mass is 10.0. The van der Waals surface area contributed by atoms with Crippen molar-refractivity contribution in [1.29, 1.82) is 0 Å². The first-order valence-electron chi connectivity index (χ1n) is 6.96. The summed E-state index contributed by atoms with van der Waals surface area (Å²) in [6.07, 6.45) is 0. The Morgan fingerprint density at radius 3 is 2.55 bits per heavy atom. The maximum absolute atomic E-state index is 5.42. The van der Waals surface area contributed by atoms with Crippen molar-refractivity contribution in [1.82, 2.24) is 10.2 Å². The zero-order valence-electron chi connectivity index (χ0n) is 12.1. The number of hydrogen-bond acceptors (Lipinski definition) is 3. The minimum Gasteiger partial charge on any atom is -0.379 e. The van der Waals surface area contributed by atoms with Crippen LogP contribution in [0, 0.1) is 0 Å². The van der Waals surface area contributed by atoms with Gasteiger partial charge in [0, 0.05) is 40.7 Å². The van der Waals surface area contributed by atoms with E-state index in [9.17, 15) is 0 Å². The third kappa shape index (κ3) is 4.53. The number of halogens is 2. The Labute approximate surface area is 138 Å². The van der Waals surface area contributed by atoms with E-state index in [4.69, 9.17) is 4.74 Å². The summed E-state index contributed by atoms with van der Waals surface area (Å²) in [5.74, 6) is 0. The van der Waals surface area contributed by atoms with Gasteiger partial charge in [-0.25, -0.2) is 0 Å². The van der Waals surface area contributed by atoms with Crippen LogP contribution in [0.3, 0.4) is 0 Å². The molecule has 0 unspecified atom stereocenters. The fourth-order valence-electron chi connectivity index (χ4n) is 2.44. The van der Waals surface area contributed by atoms with Gasteiger partial charge in [0.15, 0.2) is 0 Å². The smallest absolute Gasteiger partial charge is 0.0594 e. The van der Waals surface area contributed by atoms with Crippen molar-refractivity contribution < 1.29 is 4.74 Å². The molecule has 1 aliphatic heterocycles. The summed E-state index contributed by atoms with van der Waals surface area (Å²) in [6.45, 7) is 10.2. The van der Waals surface area contributed by atoms with Crippen molar-refractivity contribution in [2.45, 2.75) is 25.9 Å². The SMILES string of the molecule is CC(C)(CNCc1ccc(Br)c(Br)c1)N1CCOCC1. The Kier molecular flexibility index (Phi) is 6.05. The summed E-state index contributed by atoms with van der Waals surface area (Å²) in [6, 6.07) is 6.37. The first kappa shape index (κ1) is 16.4. The lowest BCUT2D eigenvalue weighted by Gasteiger charge is -2.41. The van der Waals surface area contributed by atoms with Crippen LogP contribution in [0.2, 0.25) is 0 Å². The van der Waals surface area contributed by atoms with E-state index < -0.39 is 0 Å². The van der Waals surface area contributed by atoms with Gasteiger partial charge >= 0.3 is 0 Å². The van der Waals surface area contributed by atoms with Gasteiger partial charge < -0.3 is 10.1 Å². The van der Waals surface area contributed by atoms with Crippen LogP contribution < -0.4 is 5.32 Å². The molecule has 1 aromatic rings. The highest BCUT2D eigenvalue weighted by molar-refractivity contribution is 9.13. The van der Waals surface area contributed by atoms with Gasteiger partial charge in [-0.3, -0.25) is 4.90 Å². The van der Waals surface area contributed by atoms with Crippen LogP contribution in [0.15, 0.2) is 27.1 Å². The van der Waals surface area contributed by atoms with Crippen LogP contribution >= 0.6 is 31.9 Å². The van der Waals surface area contributed by atoms with Crippen molar-refractivity contribution in [3.63, 3.8) is 0 Å². The maximum Gasteiger partial charge on any atom is 0.0594 e. The summed E-state index contributed by atoms with van der Waals surface area (Å²) in [5, 5.41) is 3.57. The summed E-state index contributed by atoms with van der Waals surface area (Å²) in [5.41, 5.74) is 1.45. The molecule has 3 nitrogen and oxygen atoms in total. The van der Waals surface area contributed by atoms with Crippen molar-refractivity contribution in [2.24, 2.45) is 0 Å². The first-order valence-corrected chi connectivity index (χ1v) is 8.55. The highest BCUT2D eigenvalue weighted by Crippen LogP contribution is 2.23. The molecule has 2 rings (SSSR count). The second-order valence-corrected chi connectivity index (χ2v) is 7.47. The zero-order valence-corrected chi connectivity index (χ0v) is 15.3. The molecule has 1 saturated heterocycles. The molecule has 0 atom stereocenters. The van der Waals surface area contributed by atoms with Crippen LogP contribution in [0.25, 0.3) is 0 Å². The molecule has 1 aliphatic rings. The largest absolute Gasteiger partial charge is 0.379 e. The summed E-state index contributed by atoms with van der Waals surface area (Å²) in [7, 11) is 0. The Hall–Kier alpha value is 0.0600. The molecular weight excluding hydrogens is 384 g/mol. The highest BCUT2D eigenvalue weighted by atomic mass is 79.9. The maximum atomic E-state index is 5.42. The van der Waals surface area contributed by atoms with Crippen LogP contribution in [0.5, 0.6) is 0 Å². The second kappa shape index (κ2) is 7.36. The van der Waals surface area contributed by atoms with Crippen molar-refractivity contribution in [2.75, 3.05) is 32.8 Å². The molecule has 0 amide bonds. The second-order valence-electron chi connectivity index (χ2n) is 5.76.